The Morgan fingerprint density at radius 2 is 1.79 bits per heavy atom. The first-order chi connectivity index (χ1) is 14.0. The SMILES string of the molecule is CCN(CC)C(=O)Cn1cc(C(=O)C(=O)N[C@@H]2CCCC[C@@H]2C)c2ccccc21. The summed E-state index contributed by atoms with van der Waals surface area (Å²) in [6.45, 7) is 7.45. The number of carbonyl (C=O) groups excluding carboxylic acids is 3. The molecule has 6 heteroatoms. The van der Waals surface area contributed by atoms with Crippen molar-refractivity contribution in [1.29, 1.82) is 0 Å². The average Bonchev–Trinajstić information content (AvgIpc) is 3.08. The molecule has 2 amide bonds. The summed E-state index contributed by atoms with van der Waals surface area (Å²) in [6, 6.07) is 7.48. The molecule has 0 radical (unpaired) electrons. The van der Waals surface area contributed by atoms with E-state index in [-0.39, 0.29) is 18.5 Å². The zero-order valence-electron chi connectivity index (χ0n) is 17.6. The van der Waals surface area contributed by atoms with Gasteiger partial charge in [-0.15, -0.1) is 0 Å². The molecule has 0 saturated heterocycles. The number of Topliss-reactive ketones (excluding diaryl/α,β-unsaturated/α-hetero) is 1. The molecule has 6 nitrogen and oxygen atoms in total. The van der Waals surface area contributed by atoms with E-state index in [0.29, 0.717) is 30.0 Å². The Labute approximate surface area is 172 Å². The second kappa shape index (κ2) is 9.25. The van der Waals surface area contributed by atoms with Crippen LogP contribution in [0.3, 0.4) is 0 Å². The molecule has 1 saturated carbocycles. The number of nitrogens with zero attached hydrogens (tertiary/aromatic N) is 2. The van der Waals surface area contributed by atoms with Crippen LogP contribution < -0.4 is 5.32 Å². The van der Waals surface area contributed by atoms with Crippen molar-refractivity contribution in [3.8, 4) is 0 Å². The van der Waals surface area contributed by atoms with Gasteiger partial charge in [-0.1, -0.05) is 38.0 Å². The normalized spacial score (nSPS) is 19.1. The van der Waals surface area contributed by atoms with Crippen LogP contribution in [0.15, 0.2) is 30.5 Å². The van der Waals surface area contributed by atoms with Crippen LogP contribution in [0.1, 0.15) is 56.8 Å². The van der Waals surface area contributed by atoms with E-state index in [2.05, 4.69) is 12.2 Å². The van der Waals surface area contributed by atoms with Crippen LogP contribution in [0.25, 0.3) is 10.9 Å². The van der Waals surface area contributed by atoms with Crippen molar-refractivity contribution < 1.29 is 14.4 Å². The first kappa shape index (κ1) is 21.1. The van der Waals surface area contributed by atoms with Gasteiger partial charge in [0.15, 0.2) is 0 Å². The molecular formula is C23H31N3O3. The van der Waals surface area contributed by atoms with Crippen molar-refractivity contribution in [2.24, 2.45) is 5.92 Å². The molecular weight excluding hydrogens is 366 g/mol. The molecule has 156 valence electrons. The minimum absolute atomic E-state index is 0.00441. The quantitative estimate of drug-likeness (QED) is 0.575. The van der Waals surface area contributed by atoms with Gasteiger partial charge in [0.05, 0.1) is 5.56 Å². The highest BCUT2D eigenvalue weighted by Crippen LogP contribution is 2.25. The van der Waals surface area contributed by atoms with E-state index in [9.17, 15) is 14.4 Å². The van der Waals surface area contributed by atoms with Crippen LogP contribution in [0, 0.1) is 5.92 Å². The minimum atomic E-state index is -0.554. The predicted octanol–water partition coefficient (Wildman–Crippen LogP) is 3.39. The standard InChI is InChI=1S/C23H31N3O3/c1-4-25(5-2)21(27)15-26-14-18(17-11-7-9-13-20(17)26)22(28)23(29)24-19-12-8-6-10-16(19)3/h7,9,11,13-14,16,19H,4-6,8,10,12,15H2,1-3H3,(H,24,29)/t16-,19+/m0/s1. The molecule has 1 aromatic carbocycles. The monoisotopic (exact) mass is 397 g/mol. The van der Waals surface area contributed by atoms with Crippen LogP contribution in [-0.2, 0) is 16.1 Å². The van der Waals surface area contributed by atoms with Gasteiger partial charge in [0.25, 0.3) is 11.7 Å². The molecule has 0 bridgehead atoms. The number of likely N-dealkylation sites (N-methyl/N-ethyl adjacent to an activating group) is 1. The topological polar surface area (TPSA) is 71.4 Å². The van der Waals surface area contributed by atoms with Gasteiger partial charge in [-0.05, 0) is 38.7 Å². The number of ketones is 1. The molecule has 29 heavy (non-hydrogen) atoms. The fourth-order valence-electron chi connectivity index (χ4n) is 4.27. The molecule has 1 N–H and O–H groups in total. The molecule has 2 atom stereocenters. The van der Waals surface area contributed by atoms with Gasteiger partial charge < -0.3 is 14.8 Å². The van der Waals surface area contributed by atoms with Crippen LogP contribution in [0.5, 0.6) is 0 Å². The summed E-state index contributed by atoms with van der Waals surface area (Å²) in [4.78, 5) is 40.0. The van der Waals surface area contributed by atoms with Gasteiger partial charge in [0.2, 0.25) is 5.91 Å². The maximum atomic E-state index is 13.0. The van der Waals surface area contributed by atoms with Gasteiger partial charge in [0, 0.05) is 36.2 Å². The first-order valence-corrected chi connectivity index (χ1v) is 10.7. The summed E-state index contributed by atoms with van der Waals surface area (Å²) in [5, 5.41) is 3.65. The van der Waals surface area contributed by atoms with Crippen molar-refractivity contribution in [2.75, 3.05) is 13.1 Å². The van der Waals surface area contributed by atoms with Crippen molar-refractivity contribution in [2.45, 2.75) is 59.0 Å². The predicted molar refractivity (Wildman–Crippen MR) is 114 cm³/mol. The summed E-state index contributed by atoms with van der Waals surface area (Å²) in [5.41, 5.74) is 1.14. The van der Waals surface area contributed by atoms with Crippen LogP contribution >= 0.6 is 0 Å². The second-order valence-electron chi connectivity index (χ2n) is 7.92. The average molecular weight is 398 g/mol. The number of amides is 2. The van der Waals surface area contributed by atoms with Gasteiger partial charge in [-0.2, -0.15) is 0 Å². The highest BCUT2D eigenvalue weighted by atomic mass is 16.2. The number of fused-ring (bicyclic) bond motifs is 1. The molecule has 1 aromatic heterocycles. The first-order valence-electron chi connectivity index (χ1n) is 10.7. The Morgan fingerprint density at radius 3 is 2.48 bits per heavy atom. The van der Waals surface area contributed by atoms with E-state index in [0.717, 1.165) is 24.8 Å². The van der Waals surface area contributed by atoms with Gasteiger partial charge >= 0.3 is 0 Å². The van der Waals surface area contributed by atoms with E-state index in [4.69, 9.17) is 0 Å². The zero-order chi connectivity index (χ0) is 21.0. The number of para-hydroxylation sites is 1. The summed E-state index contributed by atoms with van der Waals surface area (Å²) < 4.78 is 1.78. The van der Waals surface area contributed by atoms with Crippen molar-refractivity contribution in [3.05, 3.63) is 36.0 Å². The molecule has 0 spiro atoms. The lowest BCUT2D eigenvalue weighted by atomic mass is 9.86. The van der Waals surface area contributed by atoms with Crippen molar-refractivity contribution in [1.82, 2.24) is 14.8 Å². The number of aromatic nitrogens is 1. The molecule has 1 heterocycles. The fourth-order valence-corrected chi connectivity index (χ4v) is 4.27. The lowest BCUT2D eigenvalue weighted by Gasteiger charge is -2.29. The van der Waals surface area contributed by atoms with Crippen molar-refractivity contribution in [3.63, 3.8) is 0 Å². The van der Waals surface area contributed by atoms with Crippen LogP contribution in [0.2, 0.25) is 0 Å². The molecule has 0 aliphatic heterocycles. The maximum Gasteiger partial charge on any atom is 0.292 e. The lowest BCUT2D eigenvalue weighted by Crippen LogP contribution is -2.44. The van der Waals surface area contributed by atoms with Crippen molar-refractivity contribution >= 4 is 28.5 Å². The van der Waals surface area contributed by atoms with Crippen LogP contribution in [-0.4, -0.2) is 46.2 Å². The number of rotatable bonds is 7. The Hall–Kier alpha value is -2.63. The van der Waals surface area contributed by atoms with E-state index in [1.165, 1.54) is 6.42 Å². The highest BCUT2D eigenvalue weighted by Gasteiger charge is 2.28. The summed E-state index contributed by atoms with van der Waals surface area (Å²) in [7, 11) is 0. The second-order valence-corrected chi connectivity index (χ2v) is 7.92. The number of hydrogen-bond acceptors (Lipinski definition) is 3. The molecule has 1 aliphatic carbocycles. The number of hydrogen-bond donors (Lipinski definition) is 1. The third-order valence-corrected chi connectivity index (χ3v) is 6.09. The zero-order valence-corrected chi connectivity index (χ0v) is 17.6. The smallest absolute Gasteiger partial charge is 0.292 e. The summed E-state index contributed by atoms with van der Waals surface area (Å²) in [6.07, 6.45) is 5.90. The largest absolute Gasteiger partial charge is 0.346 e. The third-order valence-electron chi connectivity index (χ3n) is 6.09. The van der Waals surface area contributed by atoms with Gasteiger partial charge in [-0.3, -0.25) is 14.4 Å². The van der Waals surface area contributed by atoms with E-state index >= 15 is 0 Å². The van der Waals surface area contributed by atoms with Gasteiger partial charge in [-0.25, -0.2) is 0 Å². The summed E-state index contributed by atoms with van der Waals surface area (Å²) >= 11 is 0. The maximum absolute atomic E-state index is 13.0. The molecule has 1 fully saturated rings. The molecule has 1 aliphatic rings. The third kappa shape index (κ3) is 4.52. The Bertz CT molecular complexity index is 898. The Morgan fingerprint density at radius 1 is 1.10 bits per heavy atom. The number of carbonyl (C=O) groups is 3. The number of benzene rings is 1. The molecule has 3 rings (SSSR count). The minimum Gasteiger partial charge on any atom is -0.346 e. The Balaban J connectivity index is 1.84. The van der Waals surface area contributed by atoms with E-state index < -0.39 is 11.7 Å². The lowest BCUT2D eigenvalue weighted by molar-refractivity contribution is -0.131. The highest BCUT2D eigenvalue weighted by molar-refractivity contribution is 6.45. The molecule has 2 aromatic rings. The Kier molecular flexibility index (Phi) is 6.72. The van der Waals surface area contributed by atoms with E-state index in [1.807, 2.05) is 38.1 Å². The molecule has 0 unspecified atom stereocenters. The fraction of sp³-hybridized carbons (Fsp3) is 0.522. The van der Waals surface area contributed by atoms with E-state index in [1.54, 1.807) is 15.7 Å². The van der Waals surface area contributed by atoms with Crippen LogP contribution in [0.4, 0.5) is 0 Å². The number of nitrogens with one attached hydrogen (secondary N) is 1. The summed E-state index contributed by atoms with van der Waals surface area (Å²) in [5.74, 6) is -0.710. The van der Waals surface area contributed by atoms with Gasteiger partial charge in [0.1, 0.15) is 6.54 Å².